The molecule has 0 radical (unpaired) electrons. The Morgan fingerprint density at radius 2 is 2.38 bits per heavy atom. The summed E-state index contributed by atoms with van der Waals surface area (Å²) >= 11 is 0. The number of carboxylic acids is 1. The van der Waals surface area contributed by atoms with Gasteiger partial charge in [-0.1, -0.05) is 0 Å². The highest BCUT2D eigenvalue weighted by atomic mass is 16.4. The normalized spacial score (nSPS) is 9.92. The van der Waals surface area contributed by atoms with Gasteiger partial charge in [-0.25, -0.2) is 0 Å². The largest absolute Gasteiger partial charge is 0.481 e. The molecule has 0 unspecified atom stereocenters. The lowest BCUT2D eigenvalue weighted by molar-refractivity contribution is -0.137. The van der Waals surface area contributed by atoms with Gasteiger partial charge in [-0.05, 0) is 37.5 Å². The van der Waals surface area contributed by atoms with Crippen LogP contribution < -0.4 is 0 Å². The summed E-state index contributed by atoms with van der Waals surface area (Å²) in [7, 11) is 0. The van der Waals surface area contributed by atoms with Crippen molar-refractivity contribution in [1.82, 2.24) is 4.98 Å². The van der Waals surface area contributed by atoms with E-state index in [2.05, 4.69) is 4.98 Å². The number of hydrogen-bond donors (Lipinski definition) is 1. The Balaban J connectivity index is 2.41. The van der Waals surface area contributed by atoms with E-state index in [-0.39, 0.29) is 6.42 Å². The highest BCUT2D eigenvalue weighted by Crippen LogP contribution is 2.04. The van der Waals surface area contributed by atoms with Gasteiger partial charge in [-0.3, -0.25) is 9.78 Å². The van der Waals surface area contributed by atoms with Crippen molar-refractivity contribution < 1.29 is 9.90 Å². The van der Waals surface area contributed by atoms with Crippen LogP contribution in [0.1, 0.15) is 24.1 Å². The van der Waals surface area contributed by atoms with E-state index in [1.54, 1.807) is 6.20 Å². The second kappa shape index (κ2) is 4.60. The molecule has 1 aromatic heterocycles. The third-order valence-corrected chi connectivity index (χ3v) is 1.80. The molecule has 70 valence electrons. The Bertz CT molecular complexity index is 297. The van der Waals surface area contributed by atoms with Crippen molar-refractivity contribution in [1.29, 1.82) is 0 Å². The van der Waals surface area contributed by atoms with Gasteiger partial charge in [-0.2, -0.15) is 0 Å². The lowest BCUT2D eigenvalue weighted by Crippen LogP contribution is -1.97. The van der Waals surface area contributed by atoms with Crippen LogP contribution >= 0.6 is 0 Å². The van der Waals surface area contributed by atoms with Crippen LogP contribution in [0, 0.1) is 6.92 Å². The minimum atomic E-state index is -0.743. The Morgan fingerprint density at radius 3 is 3.00 bits per heavy atom. The summed E-state index contributed by atoms with van der Waals surface area (Å²) in [5, 5.41) is 8.43. The molecule has 0 spiro atoms. The molecular formula is C10H13NO2. The highest BCUT2D eigenvalue weighted by Gasteiger charge is 1.98. The molecule has 0 bridgehead atoms. The Morgan fingerprint density at radius 1 is 1.62 bits per heavy atom. The Labute approximate surface area is 77.4 Å². The first kappa shape index (κ1) is 9.71. The molecule has 0 aromatic carbocycles. The number of pyridine rings is 1. The van der Waals surface area contributed by atoms with Crippen LogP contribution in [0.3, 0.4) is 0 Å². The molecule has 1 N–H and O–H groups in total. The molecule has 0 saturated carbocycles. The van der Waals surface area contributed by atoms with Crippen molar-refractivity contribution in [2.24, 2.45) is 0 Å². The molecule has 13 heavy (non-hydrogen) atoms. The van der Waals surface area contributed by atoms with Crippen LogP contribution in [0.5, 0.6) is 0 Å². The third-order valence-electron chi connectivity index (χ3n) is 1.80. The molecule has 3 nitrogen and oxygen atoms in total. The second-order valence-electron chi connectivity index (χ2n) is 3.07. The average molecular weight is 179 g/mol. The van der Waals surface area contributed by atoms with Crippen molar-refractivity contribution in [2.45, 2.75) is 26.2 Å². The number of carbonyl (C=O) groups is 1. The molecule has 0 aliphatic heterocycles. The van der Waals surface area contributed by atoms with Crippen LogP contribution in [0.15, 0.2) is 18.3 Å². The van der Waals surface area contributed by atoms with Gasteiger partial charge in [0.05, 0.1) is 0 Å². The number of nitrogens with zero attached hydrogens (tertiary/aromatic N) is 1. The zero-order chi connectivity index (χ0) is 9.68. The van der Waals surface area contributed by atoms with Crippen LogP contribution in [-0.4, -0.2) is 16.1 Å². The minimum absolute atomic E-state index is 0.218. The molecule has 1 heterocycles. The van der Waals surface area contributed by atoms with E-state index in [0.29, 0.717) is 6.42 Å². The average Bonchev–Trinajstić information content (AvgIpc) is 2.03. The maximum absolute atomic E-state index is 10.2. The summed E-state index contributed by atoms with van der Waals surface area (Å²) in [6, 6.07) is 3.92. The highest BCUT2D eigenvalue weighted by molar-refractivity contribution is 5.66. The smallest absolute Gasteiger partial charge is 0.303 e. The molecular weight excluding hydrogens is 166 g/mol. The van der Waals surface area contributed by atoms with E-state index in [1.807, 2.05) is 19.1 Å². The van der Waals surface area contributed by atoms with Gasteiger partial charge in [0.15, 0.2) is 0 Å². The van der Waals surface area contributed by atoms with Gasteiger partial charge < -0.3 is 5.11 Å². The van der Waals surface area contributed by atoms with E-state index >= 15 is 0 Å². The van der Waals surface area contributed by atoms with Crippen LogP contribution in [0.4, 0.5) is 0 Å². The van der Waals surface area contributed by atoms with Gasteiger partial charge in [0, 0.05) is 18.3 Å². The topological polar surface area (TPSA) is 50.2 Å². The first-order valence-electron chi connectivity index (χ1n) is 4.32. The number of aryl methyl sites for hydroxylation is 2. The predicted octanol–water partition coefficient (Wildman–Crippen LogP) is 1.80. The summed E-state index contributed by atoms with van der Waals surface area (Å²) in [4.78, 5) is 14.4. The summed E-state index contributed by atoms with van der Waals surface area (Å²) < 4.78 is 0. The Kier molecular flexibility index (Phi) is 3.43. The first-order valence-corrected chi connectivity index (χ1v) is 4.32. The van der Waals surface area contributed by atoms with Crippen LogP contribution in [0.2, 0.25) is 0 Å². The van der Waals surface area contributed by atoms with E-state index in [1.165, 1.54) is 5.56 Å². The maximum atomic E-state index is 10.2. The van der Waals surface area contributed by atoms with Gasteiger partial charge >= 0.3 is 5.97 Å². The Hall–Kier alpha value is -1.38. The molecule has 0 saturated heterocycles. The fourth-order valence-electron chi connectivity index (χ4n) is 1.16. The number of carboxylic acid groups (broad SMARTS) is 1. The SMILES string of the molecule is Cc1ccnc(CCCC(=O)O)c1. The van der Waals surface area contributed by atoms with Crippen molar-refractivity contribution in [3.05, 3.63) is 29.6 Å². The second-order valence-corrected chi connectivity index (χ2v) is 3.07. The molecule has 0 amide bonds. The van der Waals surface area contributed by atoms with E-state index < -0.39 is 5.97 Å². The van der Waals surface area contributed by atoms with E-state index in [0.717, 1.165) is 12.1 Å². The van der Waals surface area contributed by atoms with Crippen molar-refractivity contribution in [3.8, 4) is 0 Å². The number of aromatic nitrogens is 1. The van der Waals surface area contributed by atoms with Crippen LogP contribution in [0.25, 0.3) is 0 Å². The fraction of sp³-hybridized carbons (Fsp3) is 0.400. The van der Waals surface area contributed by atoms with Gasteiger partial charge in [0.25, 0.3) is 0 Å². The summed E-state index contributed by atoms with van der Waals surface area (Å²) in [6.07, 6.45) is 3.38. The zero-order valence-corrected chi connectivity index (χ0v) is 7.66. The fourth-order valence-corrected chi connectivity index (χ4v) is 1.16. The quantitative estimate of drug-likeness (QED) is 0.766. The maximum Gasteiger partial charge on any atom is 0.303 e. The van der Waals surface area contributed by atoms with Crippen molar-refractivity contribution in [2.75, 3.05) is 0 Å². The lowest BCUT2D eigenvalue weighted by atomic mass is 10.1. The summed E-state index contributed by atoms with van der Waals surface area (Å²) in [5.74, 6) is -0.743. The predicted molar refractivity (Wildman–Crippen MR) is 49.5 cm³/mol. The molecule has 0 aliphatic rings. The summed E-state index contributed by atoms with van der Waals surface area (Å²) in [5.41, 5.74) is 2.14. The van der Waals surface area contributed by atoms with Gasteiger partial charge in [-0.15, -0.1) is 0 Å². The molecule has 0 fully saturated rings. The molecule has 1 aromatic rings. The van der Waals surface area contributed by atoms with Crippen molar-refractivity contribution in [3.63, 3.8) is 0 Å². The number of hydrogen-bond acceptors (Lipinski definition) is 2. The molecule has 1 rings (SSSR count). The number of rotatable bonds is 4. The first-order chi connectivity index (χ1) is 6.18. The van der Waals surface area contributed by atoms with Crippen LogP contribution in [-0.2, 0) is 11.2 Å². The van der Waals surface area contributed by atoms with E-state index in [9.17, 15) is 4.79 Å². The summed E-state index contributed by atoms with van der Waals surface area (Å²) in [6.45, 7) is 2.00. The third kappa shape index (κ3) is 3.69. The van der Waals surface area contributed by atoms with Gasteiger partial charge in [0.2, 0.25) is 0 Å². The standard InChI is InChI=1S/C10H13NO2/c1-8-5-6-11-9(7-8)3-2-4-10(12)13/h5-7H,2-4H2,1H3,(H,12,13). The minimum Gasteiger partial charge on any atom is -0.481 e. The van der Waals surface area contributed by atoms with E-state index in [4.69, 9.17) is 5.11 Å². The molecule has 3 heteroatoms. The lowest BCUT2D eigenvalue weighted by Gasteiger charge is -1.99. The molecule has 0 aliphatic carbocycles. The molecule has 0 atom stereocenters. The number of aliphatic carboxylic acids is 1. The van der Waals surface area contributed by atoms with Gasteiger partial charge in [0.1, 0.15) is 0 Å². The zero-order valence-electron chi connectivity index (χ0n) is 7.66. The monoisotopic (exact) mass is 179 g/mol. The van der Waals surface area contributed by atoms with Crippen molar-refractivity contribution >= 4 is 5.97 Å².